The minimum atomic E-state index is -0.979. The standard InChI is InChI=1S/C39H35NOS/c1-42(2,3)37-19-11-17-35-34-16-10-18-36(38(34)41-39(35)37)40(32-24-20-30(21-25-32)28-12-6-4-7-13-28)33-26-22-31(23-27-33)29-14-8-5-9-15-29/h4-14,16-27,29H,15H2,1-3H3. The first-order valence-corrected chi connectivity index (χ1v) is 17.3. The van der Waals surface area contributed by atoms with Gasteiger partial charge in [0.1, 0.15) is 5.58 Å². The van der Waals surface area contributed by atoms with Crippen LogP contribution in [0.3, 0.4) is 0 Å². The maximum absolute atomic E-state index is 6.84. The molecule has 0 saturated carbocycles. The van der Waals surface area contributed by atoms with E-state index in [-0.39, 0.29) is 0 Å². The van der Waals surface area contributed by atoms with Crippen molar-refractivity contribution < 1.29 is 4.42 Å². The van der Waals surface area contributed by atoms with Gasteiger partial charge in [-0.1, -0.05) is 103 Å². The Morgan fingerprint density at radius 3 is 1.93 bits per heavy atom. The first-order chi connectivity index (χ1) is 20.5. The molecular weight excluding hydrogens is 531 g/mol. The number of allylic oxidation sites excluding steroid dienone is 4. The van der Waals surface area contributed by atoms with Crippen molar-refractivity contribution in [3.63, 3.8) is 0 Å². The smallest absolute Gasteiger partial charge is 0.159 e. The summed E-state index contributed by atoms with van der Waals surface area (Å²) in [4.78, 5) is 3.64. The van der Waals surface area contributed by atoms with Gasteiger partial charge in [0.15, 0.2) is 5.58 Å². The molecule has 0 fully saturated rings. The molecule has 5 aromatic carbocycles. The molecule has 2 nitrogen and oxygen atoms in total. The lowest BCUT2D eigenvalue weighted by atomic mass is 9.92. The maximum atomic E-state index is 6.84. The number of nitrogens with zero attached hydrogens (tertiary/aromatic N) is 1. The number of hydrogen-bond donors (Lipinski definition) is 0. The van der Waals surface area contributed by atoms with E-state index in [9.17, 15) is 0 Å². The topological polar surface area (TPSA) is 16.4 Å². The lowest BCUT2D eigenvalue weighted by Crippen LogP contribution is -2.10. The monoisotopic (exact) mass is 565 g/mol. The van der Waals surface area contributed by atoms with Crippen molar-refractivity contribution in [3.05, 3.63) is 145 Å². The third-order valence-corrected chi connectivity index (χ3v) is 9.80. The Morgan fingerprint density at radius 2 is 1.26 bits per heavy atom. The van der Waals surface area contributed by atoms with Gasteiger partial charge in [-0.15, -0.1) is 0 Å². The second-order valence-corrected chi connectivity index (χ2v) is 15.8. The summed E-state index contributed by atoms with van der Waals surface area (Å²) >= 11 is 0. The molecule has 1 aliphatic carbocycles. The largest absolute Gasteiger partial charge is 0.453 e. The van der Waals surface area contributed by atoms with Crippen LogP contribution < -0.4 is 4.90 Å². The van der Waals surface area contributed by atoms with Gasteiger partial charge >= 0.3 is 0 Å². The minimum absolute atomic E-state index is 0.416. The van der Waals surface area contributed by atoms with Crippen LogP contribution in [0.1, 0.15) is 17.9 Å². The van der Waals surface area contributed by atoms with Gasteiger partial charge in [-0.05, 0) is 78.3 Å². The number of hydrogen-bond acceptors (Lipinski definition) is 2. The van der Waals surface area contributed by atoms with Gasteiger partial charge in [-0.2, -0.15) is 0 Å². The van der Waals surface area contributed by atoms with Gasteiger partial charge in [0.05, 0.1) is 5.69 Å². The predicted octanol–water partition coefficient (Wildman–Crippen LogP) is 11.4. The molecule has 6 aromatic rings. The van der Waals surface area contributed by atoms with Crippen LogP contribution in [0.4, 0.5) is 17.1 Å². The lowest BCUT2D eigenvalue weighted by molar-refractivity contribution is 0.660. The summed E-state index contributed by atoms with van der Waals surface area (Å²) < 4.78 is 6.84. The Hall–Kier alpha value is -4.47. The summed E-state index contributed by atoms with van der Waals surface area (Å²) in [6.07, 6.45) is 16.8. The number of benzene rings is 5. The molecule has 3 heteroatoms. The van der Waals surface area contributed by atoms with Crippen molar-refractivity contribution in [1.82, 2.24) is 0 Å². The molecule has 1 unspecified atom stereocenters. The average molecular weight is 566 g/mol. The van der Waals surface area contributed by atoms with Gasteiger partial charge in [0, 0.05) is 33.0 Å². The molecule has 0 spiro atoms. The third-order valence-electron chi connectivity index (χ3n) is 8.16. The van der Waals surface area contributed by atoms with Crippen LogP contribution in [0.25, 0.3) is 33.1 Å². The van der Waals surface area contributed by atoms with Crippen LogP contribution in [0.2, 0.25) is 0 Å². The first-order valence-electron chi connectivity index (χ1n) is 14.5. The van der Waals surface area contributed by atoms with Crippen LogP contribution in [0, 0.1) is 0 Å². The molecule has 1 heterocycles. The summed E-state index contributed by atoms with van der Waals surface area (Å²) in [5.74, 6) is 0.416. The number of rotatable bonds is 6. The van der Waals surface area contributed by atoms with E-state index < -0.39 is 10.0 Å². The van der Waals surface area contributed by atoms with Gasteiger partial charge in [-0.3, -0.25) is 0 Å². The summed E-state index contributed by atoms with van der Waals surface area (Å²) in [6, 6.07) is 41.6. The van der Waals surface area contributed by atoms with Crippen molar-refractivity contribution in [2.75, 3.05) is 23.7 Å². The highest BCUT2D eigenvalue weighted by molar-refractivity contribution is 8.32. The van der Waals surface area contributed by atoms with Crippen molar-refractivity contribution in [2.24, 2.45) is 0 Å². The molecule has 208 valence electrons. The average Bonchev–Trinajstić information content (AvgIpc) is 3.42. The highest BCUT2D eigenvalue weighted by Gasteiger charge is 2.22. The maximum Gasteiger partial charge on any atom is 0.159 e. The van der Waals surface area contributed by atoms with Gasteiger partial charge in [0.25, 0.3) is 0 Å². The summed E-state index contributed by atoms with van der Waals surface area (Å²) in [5.41, 5.74) is 8.92. The summed E-state index contributed by atoms with van der Waals surface area (Å²) in [7, 11) is -0.979. The van der Waals surface area contributed by atoms with E-state index in [4.69, 9.17) is 4.42 Å². The SMILES string of the molecule is CS(C)(C)c1cccc2c1oc1c(N(c3ccc(-c4ccccc4)cc3)c3ccc(C4C=CC=CC4)cc3)cccc12. The molecule has 1 atom stereocenters. The Balaban J connectivity index is 1.39. The Labute approximate surface area is 249 Å². The Morgan fingerprint density at radius 1 is 0.619 bits per heavy atom. The summed E-state index contributed by atoms with van der Waals surface area (Å²) in [5, 5.41) is 2.33. The molecule has 1 aromatic heterocycles. The van der Waals surface area contributed by atoms with E-state index in [1.165, 1.54) is 27.0 Å². The highest BCUT2D eigenvalue weighted by atomic mass is 32.3. The van der Waals surface area contributed by atoms with E-state index >= 15 is 0 Å². The van der Waals surface area contributed by atoms with Crippen molar-refractivity contribution in [1.29, 1.82) is 0 Å². The highest BCUT2D eigenvalue weighted by Crippen LogP contribution is 2.51. The van der Waals surface area contributed by atoms with Crippen LogP contribution in [-0.2, 0) is 0 Å². The zero-order valence-electron chi connectivity index (χ0n) is 24.3. The molecule has 0 N–H and O–H groups in total. The van der Waals surface area contributed by atoms with Crippen LogP contribution in [-0.4, -0.2) is 18.8 Å². The van der Waals surface area contributed by atoms with E-state index in [1.807, 2.05) is 0 Å². The van der Waals surface area contributed by atoms with E-state index in [0.717, 1.165) is 40.0 Å². The van der Waals surface area contributed by atoms with E-state index in [1.54, 1.807) is 0 Å². The second-order valence-electron chi connectivity index (χ2n) is 11.7. The molecule has 42 heavy (non-hydrogen) atoms. The molecule has 7 rings (SSSR count). The summed E-state index contributed by atoms with van der Waals surface area (Å²) in [6.45, 7) is 0. The zero-order chi connectivity index (χ0) is 28.7. The fourth-order valence-corrected chi connectivity index (χ4v) is 7.19. The van der Waals surface area contributed by atoms with Crippen molar-refractivity contribution >= 4 is 49.0 Å². The second kappa shape index (κ2) is 10.7. The first kappa shape index (κ1) is 26.4. The van der Waals surface area contributed by atoms with E-state index in [0.29, 0.717) is 5.92 Å². The molecule has 0 aliphatic heterocycles. The fourth-order valence-electron chi connectivity index (χ4n) is 6.00. The Kier molecular flexibility index (Phi) is 6.76. The van der Waals surface area contributed by atoms with Gasteiger partial charge < -0.3 is 9.32 Å². The number of anilines is 3. The minimum Gasteiger partial charge on any atom is -0.453 e. The number of fused-ring (bicyclic) bond motifs is 3. The van der Waals surface area contributed by atoms with Gasteiger partial charge in [-0.25, -0.2) is 10.0 Å². The molecule has 0 radical (unpaired) electrons. The molecule has 0 amide bonds. The van der Waals surface area contributed by atoms with Crippen molar-refractivity contribution in [3.8, 4) is 11.1 Å². The quantitative estimate of drug-likeness (QED) is 0.200. The number of furan rings is 1. The normalized spacial score (nSPS) is 15.4. The zero-order valence-corrected chi connectivity index (χ0v) is 25.1. The predicted molar refractivity (Wildman–Crippen MR) is 183 cm³/mol. The van der Waals surface area contributed by atoms with Crippen molar-refractivity contribution in [2.45, 2.75) is 17.2 Å². The number of para-hydroxylation sites is 2. The van der Waals surface area contributed by atoms with Crippen LogP contribution in [0.5, 0.6) is 0 Å². The van der Waals surface area contributed by atoms with Gasteiger partial charge in [0.2, 0.25) is 0 Å². The third kappa shape index (κ3) is 4.84. The lowest BCUT2D eigenvalue weighted by Gasteiger charge is -2.26. The molecule has 0 bridgehead atoms. The van der Waals surface area contributed by atoms with Crippen LogP contribution in [0.15, 0.2) is 149 Å². The Bertz CT molecular complexity index is 1920. The van der Waals surface area contributed by atoms with E-state index in [2.05, 4.69) is 163 Å². The molecule has 0 saturated heterocycles. The molecular formula is C39H35NOS. The van der Waals surface area contributed by atoms with Crippen LogP contribution >= 0.6 is 10.0 Å². The fraction of sp³-hybridized carbons (Fsp3) is 0.128. The molecule has 1 aliphatic rings.